The van der Waals surface area contributed by atoms with Gasteiger partial charge in [0, 0.05) is 26.4 Å². The summed E-state index contributed by atoms with van der Waals surface area (Å²) in [5.41, 5.74) is 0.791. The first-order chi connectivity index (χ1) is 6.63. The van der Waals surface area contributed by atoms with Crippen LogP contribution in [0.2, 0.25) is 0 Å². The van der Waals surface area contributed by atoms with E-state index in [-0.39, 0.29) is 5.56 Å². The number of H-pyrrole nitrogens is 1. The largest absolute Gasteiger partial charge is 0.383 e. The first kappa shape index (κ1) is 10.1. The fraction of sp³-hybridized carbons (Fsp3) is 0.200. The molecule has 1 rings (SSSR count). The predicted molar refractivity (Wildman–Crippen MR) is 54.5 cm³/mol. The molecule has 0 amide bonds. The van der Waals surface area contributed by atoms with Crippen molar-refractivity contribution >= 4 is 6.08 Å². The van der Waals surface area contributed by atoms with Gasteiger partial charge in [0.15, 0.2) is 0 Å². The number of nitrogens with zero attached hydrogens (tertiary/aromatic N) is 2. The lowest BCUT2D eigenvalue weighted by Crippen LogP contribution is -2.07. The van der Waals surface area contributed by atoms with Crippen LogP contribution in [-0.4, -0.2) is 24.0 Å². The van der Waals surface area contributed by atoms with Crippen molar-refractivity contribution in [1.82, 2.24) is 9.88 Å². The molecular formula is C10H11N3O. The highest BCUT2D eigenvalue weighted by molar-refractivity contribution is 5.53. The number of nitrogens with one attached hydrogen (secondary N) is 1. The maximum absolute atomic E-state index is 11.0. The van der Waals surface area contributed by atoms with Gasteiger partial charge in [-0.2, -0.15) is 5.26 Å². The molecule has 1 aromatic heterocycles. The average molecular weight is 189 g/mol. The van der Waals surface area contributed by atoms with Crippen molar-refractivity contribution in [3.8, 4) is 6.07 Å². The fourth-order valence-electron chi connectivity index (χ4n) is 0.943. The Bertz CT molecular complexity index is 437. The van der Waals surface area contributed by atoms with Gasteiger partial charge < -0.3 is 9.88 Å². The smallest absolute Gasteiger partial charge is 0.248 e. The van der Waals surface area contributed by atoms with Gasteiger partial charge in [-0.15, -0.1) is 0 Å². The second-order valence-corrected chi connectivity index (χ2v) is 3.04. The molecule has 0 spiro atoms. The van der Waals surface area contributed by atoms with E-state index in [9.17, 15) is 4.79 Å². The van der Waals surface area contributed by atoms with Gasteiger partial charge in [-0.25, -0.2) is 0 Å². The van der Waals surface area contributed by atoms with Crippen molar-refractivity contribution in [3.63, 3.8) is 0 Å². The van der Waals surface area contributed by atoms with Crippen LogP contribution in [0.15, 0.2) is 23.1 Å². The van der Waals surface area contributed by atoms with E-state index in [1.165, 1.54) is 12.1 Å². The van der Waals surface area contributed by atoms with E-state index >= 15 is 0 Å². The molecule has 0 saturated heterocycles. The molecule has 0 aliphatic heterocycles. The second kappa shape index (κ2) is 4.28. The predicted octanol–water partition coefficient (Wildman–Crippen LogP) is 0.779. The fourth-order valence-corrected chi connectivity index (χ4v) is 0.943. The molecule has 4 nitrogen and oxygen atoms in total. The lowest BCUT2D eigenvalue weighted by Gasteiger charge is -2.03. The van der Waals surface area contributed by atoms with Crippen LogP contribution in [-0.2, 0) is 0 Å². The third kappa shape index (κ3) is 2.49. The molecule has 1 aromatic rings. The quantitative estimate of drug-likeness (QED) is 0.747. The monoisotopic (exact) mass is 189 g/mol. The van der Waals surface area contributed by atoms with Gasteiger partial charge >= 0.3 is 0 Å². The summed E-state index contributed by atoms with van der Waals surface area (Å²) in [6, 6.07) is 4.85. The molecule has 4 heteroatoms. The Morgan fingerprint density at radius 3 is 2.79 bits per heavy atom. The number of hydrogen-bond acceptors (Lipinski definition) is 3. The minimum atomic E-state index is -0.206. The van der Waals surface area contributed by atoms with E-state index in [1.807, 2.05) is 25.1 Å². The molecule has 14 heavy (non-hydrogen) atoms. The van der Waals surface area contributed by atoms with Gasteiger partial charge in [-0.1, -0.05) is 0 Å². The molecule has 72 valence electrons. The normalized spacial score (nSPS) is 10.1. The summed E-state index contributed by atoms with van der Waals surface area (Å²) in [5, 5.41) is 8.76. The van der Waals surface area contributed by atoms with Crippen molar-refractivity contribution in [2.75, 3.05) is 14.1 Å². The van der Waals surface area contributed by atoms with Gasteiger partial charge in [0.1, 0.15) is 6.07 Å². The Morgan fingerprint density at radius 1 is 1.50 bits per heavy atom. The van der Waals surface area contributed by atoms with E-state index in [1.54, 1.807) is 12.3 Å². The van der Waals surface area contributed by atoms with Gasteiger partial charge in [0.05, 0.1) is 11.3 Å². The summed E-state index contributed by atoms with van der Waals surface area (Å²) in [5.74, 6) is 0. The van der Waals surface area contributed by atoms with E-state index < -0.39 is 0 Å². The highest BCUT2D eigenvalue weighted by Gasteiger charge is 1.98. The zero-order valence-electron chi connectivity index (χ0n) is 8.11. The van der Waals surface area contributed by atoms with Gasteiger partial charge in [0.25, 0.3) is 0 Å². The Kier molecular flexibility index (Phi) is 3.08. The van der Waals surface area contributed by atoms with Crippen LogP contribution >= 0.6 is 0 Å². The van der Waals surface area contributed by atoms with Crippen LogP contribution in [0, 0.1) is 11.3 Å². The zero-order chi connectivity index (χ0) is 10.6. The summed E-state index contributed by atoms with van der Waals surface area (Å²) in [6.07, 6.45) is 3.46. The third-order valence-electron chi connectivity index (χ3n) is 1.61. The number of pyridine rings is 1. The van der Waals surface area contributed by atoms with Gasteiger partial charge in [-0.3, -0.25) is 4.79 Å². The number of rotatable bonds is 2. The summed E-state index contributed by atoms with van der Waals surface area (Å²) in [6.45, 7) is 0. The SMILES string of the molecule is CN(C)/C=C/c1[nH]c(=O)ccc1C#N. The second-order valence-electron chi connectivity index (χ2n) is 3.04. The Labute approximate surface area is 82.1 Å². The number of hydrogen-bond donors (Lipinski definition) is 1. The van der Waals surface area contributed by atoms with Crippen LogP contribution in [0.3, 0.4) is 0 Å². The Balaban J connectivity index is 3.13. The van der Waals surface area contributed by atoms with Crippen molar-refractivity contribution in [2.24, 2.45) is 0 Å². The van der Waals surface area contributed by atoms with E-state index in [0.717, 1.165) is 0 Å². The zero-order valence-corrected chi connectivity index (χ0v) is 8.11. The van der Waals surface area contributed by atoms with E-state index in [0.29, 0.717) is 11.3 Å². The summed E-state index contributed by atoms with van der Waals surface area (Å²) in [4.78, 5) is 15.4. The number of nitriles is 1. The molecule has 0 radical (unpaired) electrons. The van der Waals surface area contributed by atoms with Crippen molar-refractivity contribution in [1.29, 1.82) is 5.26 Å². The molecule has 0 fully saturated rings. The van der Waals surface area contributed by atoms with Gasteiger partial charge in [-0.05, 0) is 12.1 Å². The first-order valence-electron chi connectivity index (χ1n) is 4.11. The summed E-state index contributed by atoms with van der Waals surface area (Å²) >= 11 is 0. The lowest BCUT2D eigenvalue weighted by atomic mass is 10.2. The molecule has 0 aliphatic carbocycles. The van der Waals surface area contributed by atoms with Crippen molar-refractivity contribution < 1.29 is 0 Å². The maximum Gasteiger partial charge on any atom is 0.248 e. The Morgan fingerprint density at radius 2 is 2.21 bits per heavy atom. The molecular weight excluding hydrogens is 178 g/mol. The number of aromatic nitrogens is 1. The van der Waals surface area contributed by atoms with Crippen molar-refractivity contribution in [3.05, 3.63) is 39.9 Å². The molecule has 0 atom stereocenters. The highest BCUT2D eigenvalue weighted by atomic mass is 16.1. The average Bonchev–Trinajstić information content (AvgIpc) is 2.15. The van der Waals surface area contributed by atoms with Crippen LogP contribution in [0.5, 0.6) is 0 Å². The first-order valence-corrected chi connectivity index (χ1v) is 4.11. The minimum Gasteiger partial charge on any atom is -0.383 e. The van der Waals surface area contributed by atoms with Crippen molar-refractivity contribution in [2.45, 2.75) is 0 Å². The molecule has 0 aromatic carbocycles. The molecule has 0 bridgehead atoms. The Hall–Kier alpha value is -2.02. The summed E-state index contributed by atoms with van der Waals surface area (Å²) in [7, 11) is 3.73. The molecule has 0 aliphatic rings. The van der Waals surface area contributed by atoms with Gasteiger partial charge in [0.2, 0.25) is 5.56 Å². The lowest BCUT2D eigenvalue weighted by molar-refractivity contribution is 0.567. The topological polar surface area (TPSA) is 59.9 Å². The highest BCUT2D eigenvalue weighted by Crippen LogP contribution is 2.03. The molecule has 0 saturated carbocycles. The van der Waals surface area contributed by atoms with Crippen LogP contribution in [0.4, 0.5) is 0 Å². The summed E-state index contributed by atoms with van der Waals surface area (Å²) < 4.78 is 0. The number of aromatic amines is 1. The maximum atomic E-state index is 11.0. The standard InChI is InChI=1S/C10H11N3O/c1-13(2)6-5-9-8(7-11)3-4-10(14)12-9/h3-6H,1-2H3,(H,12,14)/b6-5+. The van der Waals surface area contributed by atoms with E-state index in [4.69, 9.17) is 5.26 Å². The molecule has 1 heterocycles. The van der Waals surface area contributed by atoms with Crippen LogP contribution in [0.1, 0.15) is 11.3 Å². The van der Waals surface area contributed by atoms with Crippen LogP contribution in [0.25, 0.3) is 6.08 Å². The van der Waals surface area contributed by atoms with Crippen LogP contribution < -0.4 is 5.56 Å². The van der Waals surface area contributed by atoms with E-state index in [2.05, 4.69) is 4.98 Å². The minimum absolute atomic E-state index is 0.206. The molecule has 1 N–H and O–H groups in total. The third-order valence-corrected chi connectivity index (χ3v) is 1.61. The molecule has 0 unspecified atom stereocenters.